The van der Waals surface area contributed by atoms with Gasteiger partial charge in [-0.2, -0.15) is 0 Å². The molecule has 2 aliphatic carbocycles. The second kappa shape index (κ2) is 17.0. The molecular formula is C71H59NO. The summed E-state index contributed by atoms with van der Waals surface area (Å²) in [6.45, 7) is 14.3. The Labute approximate surface area is 430 Å². The van der Waals surface area contributed by atoms with Crippen LogP contribution in [0, 0.1) is 10.8 Å². The van der Waals surface area contributed by atoms with Crippen LogP contribution in [0.2, 0.25) is 0 Å². The van der Waals surface area contributed by atoms with Gasteiger partial charge in [0.25, 0.3) is 0 Å². The number of nitrogens with zero attached hydrogens (tertiary/aromatic N) is 1. The Hall–Kier alpha value is -8.20. The van der Waals surface area contributed by atoms with Crippen LogP contribution in [0.25, 0.3) is 77.6 Å². The quantitative estimate of drug-likeness (QED) is 0.151. The highest BCUT2D eigenvalue weighted by molar-refractivity contribution is 6.06. The van der Waals surface area contributed by atoms with Gasteiger partial charge in [-0.15, -0.1) is 0 Å². The minimum absolute atomic E-state index is 0.152. The van der Waals surface area contributed by atoms with Gasteiger partial charge in [-0.25, -0.2) is 0 Å². The fourth-order valence-corrected chi connectivity index (χ4v) is 12.5. The van der Waals surface area contributed by atoms with Crippen molar-refractivity contribution in [2.24, 2.45) is 10.8 Å². The summed E-state index contributed by atoms with van der Waals surface area (Å²) in [4.78, 5) is 2.44. The normalized spacial score (nSPS) is 15.0. The molecule has 2 atom stereocenters. The van der Waals surface area contributed by atoms with Crippen LogP contribution in [0.15, 0.2) is 235 Å². The van der Waals surface area contributed by atoms with Gasteiger partial charge in [0, 0.05) is 27.8 Å². The first-order valence-corrected chi connectivity index (χ1v) is 26.0. The average Bonchev–Trinajstić information content (AvgIpc) is 4.06. The van der Waals surface area contributed by atoms with Crippen molar-refractivity contribution in [1.29, 1.82) is 0 Å². The third-order valence-electron chi connectivity index (χ3n) is 15.9. The second-order valence-electron chi connectivity index (χ2n) is 22.7. The number of anilines is 3. The molecule has 11 aromatic rings. The lowest BCUT2D eigenvalue weighted by Crippen LogP contribution is -2.26. The van der Waals surface area contributed by atoms with Crippen LogP contribution in [-0.4, -0.2) is 0 Å². The van der Waals surface area contributed by atoms with Crippen molar-refractivity contribution in [3.05, 3.63) is 258 Å². The lowest BCUT2D eigenvalue weighted by Gasteiger charge is -2.36. The molecule has 2 unspecified atom stereocenters. The van der Waals surface area contributed by atoms with E-state index in [0.29, 0.717) is 5.92 Å². The summed E-state index contributed by atoms with van der Waals surface area (Å²) in [6.07, 6.45) is 1.14. The van der Waals surface area contributed by atoms with E-state index in [1.807, 2.05) is 12.1 Å². The van der Waals surface area contributed by atoms with Crippen LogP contribution in [0.4, 0.5) is 17.1 Å². The maximum Gasteiger partial charge on any atom is 0.135 e. The van der Waals surface area contributed by atoms with E-state index in [4.69, 9.17) is 4.42 Å². The number of hydrogen-bond donors (Lipinski definition) is 0. The summed E-state index contributed by atoms with van der Waals surface area (Å²) in [6, 6.07) is 85.9. The first kappa shape index (κ1) is 44.7. The Balaban J connectivity index is 0.959. The van der Waals surface area contributed by atoms with Crippen molar-refractivity contribution >= 4 is 39.0 Å². The molecule has 0 N–H and O–H groups in total. The predicted molar refractivity (Wildman–Crippen MR) is 307 cm³/mol. The predicted octanol–water partition coefficient (Wildman–Crippen LogP) is 20.0. The van der Waals surface area contributed by atoms with Gasteiger partial charge >= 0.3 is 0 Å². The molecule has 354 valence electrons. The summed E-state index contributed by atoms with van der Waals surface area (Å²) in [5.74, 6) is 0.457. The maximum atomic E-state index is 6.21. The fourth-order valence-electron chi connectivity index (χ4n) is 12.5. The van der Waals surface area contributed by atoms with Gasteiger partial charge in [-0.1, -0.05) is 211 Å². The number of furan rings is 1. The molecule has 0 amide bonds. The maximum absolute atomic E-state index is 6.21. The number of benzene rings is 10. The van der Waals surface area contributed by atoms with E-state index in [9.17, 15) is 0 Å². The Morgan fingerprint density at radius 2 is 0.822 bits per heavy atom. The summed E-state index contributed by atoms with van der Waals surface area (Å²) >= 11 is 0. The van der Waals surface area contributed by atoms with Crippen LogP contribution in [0.5, 0.6) is 0 Å². The van der Waals surface area contributed by atoms with E-state index in [-0.39, 0.29) is 10.8 Å². The Bertz CT molecular complexity index is 3870. The molecule has 0 radical (unpaired) electrons. The van der Waals surface area contributed by atoms with Crippen molar-refractivity contribution in [2.75, 3.05) is 4.90 Å². The van der Waals surface area contributed by atoms with Crippen LogP contribution < -0.4 is 4.90 Å². The van der Waals surface area contributed by atoms with Gasteiger partial charge in [0.15, 0.2) is 0 Å². The lowest BCUT2D eigenvalue weighted by molar-refractivity contribution is 0.229. The van der Waals surface area contributed by atoms with Gasteiger partial charge < -0.3 is 9.32 Å². The molecule has 0 bridgehead atoms. The fraction of sp³-hybridized carbons (Fsp3) is 0.155. The van der Waals surface area contributed by atoms with Crippen molar-refractivity contribution in [1.82, 2.24) is 0 Å². The molecule has 10 aromatic carbocycles. The van der Waals surface area contributed by atoms with E-state index in [2.05, 4.69) is 265 Å². The van der Waals surface area contributed by atoms with Crippen molar-refractivity contribution in [3.63, 3.8) is 0 Å². The van der Waals surface area contributed by atoms with Crippen molar-refractivity contribution < 1.29 is 4.42 Å². The number of para-hydroxylation sites is 1. The average molecular weight is 942 g/mol. The molecule has 2 heteroatoms. The number of rotatable bonds is 8. The van der Waals surface area contributed by atoms with Gasteiger partial charge in [-0.05, 0) is 167 Å². The number of fused-ring (bicyclic) bond motifs is 13. The molecule has 1 heterocycles. The highest BCUT2D eigenvalue weighted by Gasteiger charge is 2.52. The van der Waals surface area contributed by atoms with Crippen molar-refractivity contribution in [2.45, 2.75) is 59.3 Å². The molecule has 0 aliphatic heterocycles. The van der Waals surface area contributed by atoms with E-state index < -0.39 is 5.41 Å². The highest BCUT2D eigenvalue weighted by atomic mass is 16.3. The molecular weight excluding hydrogens is 883 g/mol. The number of hydrogen-bond acceptors (Lipinski definition) is 2. The second-order valence-corrected chi connectivity index (χ2v) is 22.7. The van der Waals surface area contributed by atoms with Gasteiger partial charge in [-0.3, -0.25) is 0 Å². The van der Waals surface area contributed by atoms with E-state index in [1.54, 1.807) is 0 Å². The Kier molecular flexibility index (Phi) is 10.4. The molecule has 0 fully saturated rings. The summed E-state index contributed by atoms with van der Waals surface area (Å²) in [7, 11) is 0. The standard InChI is InChI=1S/C71H59NO/c1-69(2,3)45-66(70(4,5)6)50-26-24-48(25-27-50)52-32-39-58-56-18-10-13-21-62(56)71(64(58)43-52)63-22-14-11-19-57(63)59-40-38-55(44-65(59)71)72(53-34-28-47(29-35-53)46-16-8-7-9-17-46)54-36-30-49(31-37-54)51-33-41-68-61(42-51)60-20-12-15-23-67(60)73-68/h7-44,66H,45H2,1-6H3. The summed E-state index contributed by atoms with van der Waals surface area (Å²) in [5, 5.41) is 2.27. The topological polar surface area (TPSA) is 16.4 Å². The first-order valence-electron chi connectivity index (χ1n) is 26.0. The third kappa shape index (κ3) is 7.45. The summed E-state index contributed by atoms with van der Waals surface area (Å²) < 4.78 is 6.21. The Morgan fingerprint density at radius 3 is 1.45 bits per heavy atom. The first-order chi connectivity index (χ1) is 35.4. The molecule has 2 nitrogen and oxygen atoms in total. The summed E-state index contributed by atoms with van der Waals surface area (Å²) in [5.41, 5.74) is 24.0. The zero-order valence-corrected chi connectivity index (χ0v) is 42.6. The van der Waals surface area contributed by atoms with Crippen LogP contribution in [0.1, 0.15) is 81.7 Å². The minimum atomic E-state index is -0.531. The zero-order chi connectivity index (χ0) is 49.6. The van der Waals surface area contributed by atoms with E-state index in [1.165, 1.54) is 72.3 Å². The lowest BCUT2D eigenvalue weighted by atomic mass is 9.69. The minimum Gasteiger partial charge on any atom is -0.456 e. The molecule has 1 spiro atoms. The van der Waals surface area contributed by atoms with Gasteiger partial charge in [0.2, 0.25) is 0 Å². The molecule has 13 rings (SSSR count). The molecule has 73 heavy (non-hydrogen) atoms. The Morgan fingerprint density at radius 1 is 0.370 bits per heavy atom. The molecule has 2 aliphatic rings. The van der Waals surface area contributed by atoms with Gasteiger partial charge in [0.05, 0.1) is 5.41 Å². The zero-order valence-electron chi connectivity index (χ0n) is 42.6. The molecule has 0 saturated heterocycles. The smallest absolute Gasteiger partial charge is 0.135 e. The van der Waals surface area contributed by atoms with Crippen LogP contribution in [-0.2, 0) is 5.41 Å². The van der Waals surface area contributed by atoms with Crippen molar-refractivity contribution in [3.8, 4) is 55.6 Å². The third-order valence-corrected chi connectivity index (χ3v) is 15.9. The van der Waals surface area contributed by atoms with Crippen LogP contribution >= 0.6 is 0 Å². The monoisotopic (exact) mass is 941 g/mol. The van der Waals surface area contributed by atoms with Gasteiger partial charge in [0.1, 0.15) is 11.2 Å². The molecule has 0 saturated carbocycles. The SMILES string of the molecule is CC(C)(C)CC(c1ccc(-c2ccc3c(c2)C2(c4ccccc4-3)c3ccccc3-c3ccc(N(c4ccc(-c5ccccc5)cc4)c4ccc(-c5ccc6oc7ccccc7c6c5)cc4)cc32)cc1)C(C)(C)C. The van der Waals surface area contributed by atoms with E-state index >= 15 is 0 Å². The van der Waals surface area contributed by atoms with Crippen LogP contribution in [0.3, 0.4) is 0 Å². The van der Waals surface area contributed by atoms with E-state index in [0.717, 1.165) is 56.5 Å². The molecule has 1 aromatic heterocycles. The largest absolute Gasteiger partial charge is 0.456 e. The highest BCUT2D eigenvalue weighted by Crippen LogP contribution is 2.64.